The molecule has 19 heavy (non-hydrogen) atoms. The number of urea groups is 1. The lowest BCUT2D eigenvalue weighted by molar-refractivity contribution is -0.385. The summed E-state index contributed by atoms with van der Waals surface area (Å²) in [7, 11) is 0. The van der Waals surface area contributed by atoms with Gasteiger partial charge in [0.25, 0.3) is 5.69 Å². The van der Waals surface area contributed by atoms with Crippen LogP contribution in [-0.4, -0.2) is 28.6 Å². The van der Waals surface area contributed by atoms with E-state index in [-0.39, 0.29) is 5.69 Å². The van der Waals surface area contributed by atoms with Gasteiger partial charge in [0.05, 0.1) is 4.92 Å². The molecule has 0 aliphatic heterocycles. The number of nitro groups is 1. The Kier molecular flexibility index (Phi) is 4.41. The average Bonchev–Trinajstić information content (AvgIpc) is 2.30. The van der Waals surface area contributed by atoms with E-state index in [2.05, 4.69) is 10.6 Å². The minimum Gasteiger partial charge on any atom is -0.480 e. The van der Waals surface area contributed by atoms with Crippen molar-refractivity contribution in [3.05, 3.63) is 33.4 Å². The number of aliphatic carboxylic acids is 1. The Morgan fingerprint density at radius 2 is 1.95 bits per heavy atom. The first-order chi connectivity index (χ1) is 8.81. The number of nitrogens with zero attached hydrogens (tertiary/aromatic N) is 1. The summed E-state index contributed by atoms with van der Waals surface area (Å²) in [5, 5.41) is 23.7. The molecule has 2 amide bonds. The second kappa shape index (κ2) is 5.80. The number of carboxylic acid groups (broad SMARTS) is 1. The molecular weight excluding hydrogens is 254 g/mol. The summed E-state index contributed by atoms with van der Waals surface area (Å²) < 4.78 is 0. The van der Waals surface area contributed by atoms with Crippen molar-refractivity contribution in [2.24, 2.45) is 0 Å². The van der Waals surface area contributed by atoms with Crippen LogP contribution < -0.4 is 10.6 Å². The quantitative estimate of drug-likeness (QED) is 0.562. The van der Waals surface area contributed by atoms with Crippen molar-refractivity contribution >= 4 is 23.4 Å². The van der Waals surface area contributed by atoms with E-state index in [1.807, 2.05) is 0 Å². The number of carboxylic acids is 1. The number of hydrogen-bond acceptors (Lipinski definition) is 4. The fourth-order valence-electron chi connectivity index (χ4n) is 1.45. The highest BCUT2D eigenvalue weighted by Gasteiger charge is 2.14. The third kappa shape index (κ3) is 3.95. The Morgan fingerprint density at radius 3 is 2.47 bits per heavy atom. The zero-order chi connectivity index (χ0) is 14.6. The van der Waals surface area contributed by atoms with Crippen molar-refractivity contribution < 1.29 is 19.6 Å². The highest BCUT2D eigenvalue weighted by atomic mass is 16.6. The first-order valence-corrected chi connectivity index (χ1v) is 5.33. The molecule has 8 nitrogen and oxygen atoms in total. The Labute approximate surface area is 108 Å². The molecule has 0 fully saturated rings. The molecule has 0 atom stereocenters. The average molecular weight is 267 g/mol. The van der Waals surface area contributed by atoms with Gasteiger partial charge in [0, 0.05) is 17.3 Å². The zero-order valence-corrected chi connectivity index (χ0v) is 10.4. The molecule has 0 radical (unpaired) electrons. The summed E-state index contributed by atoms with van der Waals surface area (Å²) in [6, 6.07) is 2.13. The van der Waals surface area contributed by atoms with Crippen LogP contribution in [0, 0.1) is 24.0 Å². The largest absolute Gasteiger partial charge is 0.480 e. The van der Waals surface area contributed by atoms with Gasteiger partial charge in [0.15, 0.2) is 0 Å². The molecule has 102 valence electrons. The summed E-state index contributed by atoms with van der Waals surface area (Å²) in [4.78, 5) is 31.9. The van der Waals surface area contributed by atoms with Crippen LogP contribution in [-0.2, 0) is 4.79 Å². The molecule has 3 N–H and O–H groups in total. The van der Waals surface area contributed by atoms with Crippen LogP contribution in [0.5, 0.6) is 0 Å². The van der Waals surface area contributed by atoms with Crippen LogP contribution >= 0.6 is 0 Å². The number of benzene rings is 1. The van der Waals surface area contributed by atoms with E-state index in [1.165, 1.54) is 12.1 Å². The zero-order valence-electron chi connectivity index (χ0n) is 10.4. The predicted octanol–water partition coefficient (Wildman–Crippen LogP) is 1.42. The third-order valence-electron chi connectivity index (χ3n) is 2.39. The summed E-state index contributed by atoms with van der Waals surface area (Å²) in [6.45, 7) is 2.66. The van der Waals surface area contributed by atoms with Gasteiger partial charge in [0.2, 0.25) is 0 Å². The van der Waals surface area contributed by atoms with E-state index in [0.29, 0.717) is 16.8 Å². The Hall–Kier alpha value is -2.64. The third-order valence-corrected chi connectivity index (χ3v) is 2.39. The Bertz CT molecular complexity index is 541. The van der Waals surface area contributed by atoms with Gasteiger partial charge in [-0.3, -0.25) is 14.9 Å². The molecule has 0 bridgehead atoms. The van der Waals surface area contributed by atoms with Crippen molar-refractivity contribution in [3.63, 3.8) is 0 Å². The molecule has 1 aromatic carbocycles. The summed E-state index contributed by atoms with van der Waals surface area (Å²) in [5.41, 5.74) is 1.28. The standard InChI is InChI=1S/C11H13N3O5/c1-6-4-9(14(18)19)7(2)3-8(6)13-11(17)12-5-10(15)16/h3-4H,5H2,1-2H3,(H,15,16)(H2,12,13,17). The van der Waals surface area contributed by atoms with Crippen LogP contribution in [0.1, 0.15) is 11.1 Å². The highest BCUT2D eigenvalue weighted by Crippen LogP contribution is 2.25. The topological polar surface area (TPSA) is 122 Å². The number of hydrogen-bond donors (Lipinski definition) is 3. The van der Waals surface area contributed by atoms with Gasteiger partial charge < -0.3 is 15.7 Å². The lowest BCUT2D eigenvalue weighted by Gasteiger charge is -2.10. The summed E-state index contributed by atoms with van der Waals surface area (Å²) in [5.74, 6) is -1.16. The number of aryl methyl sites for hydroxylation is 2. The molecule has 8 heteroatoms. The van der Waals surface area contributed by atoms with Crippen molar-refractivity contribution in [2.75, 3.05) is 11.9 Å². The number of anilines is 1. The summed E-state index contributed by atoms with van der Waals surface area (Å²) in [6.07, 6.45) is 0. The van der Waals surface area contributed by atoms with Crippen LogP contribution in [0.4, 0.5) is 16.2 Å². The van der Waals surface area contributed by atoms with E-state index in [9.17, 15) is 19.7 Å². The molecule has 0 aromatic heterocycles. The molecule has 0 aliphatic rings. The van der Waals surface area contributed by atoms with Crippen molar-refractivity contribution in [2.45, 2.75) is 13.8 Å². The molecule has 0 saturated heterocycles. The van der Waals surface area contributed by atoms with Crippen molar-refractivity contribution in [1.82, 2.24) is 5.32 Å². The molecule has 0 spiro atoms. The number of nitrogens with one attached hydrogen (secondary N) is 2. The number of nitro benzene ring substituents is 1. The van der Waals surface area contributed by atoms with Crippen molar-refractivity contribution in [1.29, 1.82) is 0 Å². The molecule has 0 aliphatic carbocycles. The Morgan fingerprint density at radius 1 is 1.32 bits per heavy atom. The van der Waals surface area contributed by atoms with Crippen molar-refractivity contribution in [3.8, 4) is 0 Å². The van der Waals surface area contributed by atoms with Crippen LogP contribution in [0.25, 0.3) is 0 Å². The maximum Gasteiger partial charge on any atom is 0.323 e. The van der Waals surface area contributed by atoms with Crippen LogP contribution in [0.15, 0.2) is 12.1 Å². The number of amides is 2. The van der Waals surface area contributed by atoms with Crippen LogP contribution in [0.2, 0.25) is 0 Å². The number of rotatable bonds is 4. The second-order valence-electron chi connectivity index (χ2n) is 3.91. The monoisotopic (exact) mass is 267 g/mol. The molecule has 0 saturated carbocycles. The van der Waals surface area contributed by atoms with E-state index >= 15 is 0 Å². The molecule has 1 rings (SSSR count). The SMILES string of the molecule is Cc1cc([N+](=O)[O-])c(C)cc1NC(=O)NCC(=O)O. The van der Waals surface area contributed by atoms with Gasteiger partial charge in [-0.05, 0) is 25.5 Å². The van der Waals surface area contributed by atoms with E-state index in [0.717, 1.165) is 0 Å². The molecule has 1 aromatic rings. The van der Waals surface area contributed by atoms with Gasteiger partial charge in [-0.25, -0.2) is 4.79 Å². The highest BCUT2D eigenvalue weighted by molar-refractivity contribution is 5.92. The minimum atomic E-state index is -1.16. The molecular formula is C11H13N3O5. The first kappa shape index (κ1) is 14.4. The summed E-state index contributed by atoms with van der Waals surface area (Å²) >= 11 is 0. The fraction of sp³-hybridized carbons (Fsp3) is 0.273. The van der Waals surface area contributed by atoms with Gasteiger partial charge in [0.1, 0.15) is 6.54 Å². The Balaban J connectivity index is 2.85. The predicted molar refractivity (Wildman–Crippen MR) is 67.2 cm³/mol. The first-order valence-electron chi connectivity index (χ1n) is 5.33. The van der Waals surface area contributed by atoms with Gasteiger partial charge in [-0.2, -0.15) is 0 Å². The van der Waals surface area contributed by atoms with Gasteiger partial charge >= 0.3 is 12.0 Å². The number of carbonyl (C=O) groups is 2. The fourth-order valence-corrected chi connectivity index (χ4v) is 1.45. The maximum atomic E-state index is 11.4. The van der Waals surface area contributed by atoms with E-state index in [4.69, 9.17) is 5.11 Å². The van der Waals surface area contributed by atoms with E-state index in [1.54, 1.807) is 13.8 Å². The normalized spacial score (nSPS) is 9.79. The minimum absolute atomic E-state index is 0.0333. The smallest absolute Gasteiger partial charge is 0.323 e. The van der Waals surface area contributed by atoms with E-state index < -0.39 is 23.5 Å². The number of carbonyl (C=O) groups excluding carboxylic acids is 1. The van der Waals surface area contributed by atoms with Crippen LogP contribution in [0.3, 0.4) is 0 Å². The molecule has 0 heterocycles. The van der Waals surface area contributed by atoms with Gasteiger partial charge in [-0.15, -0.1) is 0 Å². The lowest BCUT2D eigenvalue weighted by Crippen LogP contribution is -2.33. The van der Waals surface area contributed by atoms with Gasteiger partial charge in [-0.1, -0.05) is 0 Å². The lowest BCUT2D eigenvalue weighted by atomic mass is 10.1. The molecule has 0 unspecified atom stereocenters. The second-order valence-corrected chi connectivity index (χ2v) is 3.91. The maximum absolute atomic E-state index is 11.4.